The van der Waals surface area contributed by atoms with Crippen molar-refractivity contribution in [1.82, 2.24) is 15.2 Å². The first-order chi connectivity index (χ1) is 11.1. The van der Waals surface area contributed by atoms with Gasteiger partial charge in [0, 0.05) is 25.0 Å². The van der Waals surface area contributed by atoms with Gasteiger partial charge in [-0.05, 0) is 63.2 Å². The highest BCUT2D eigenvalue weighted by atomic mass is 16.5. The second-order valence-corrected chi connectivity index (χ2v) is 6.92. The maximum atomic E-state index is 12.2. The van der Waals surface area contributed by atoms with Gasteiger partial charge < -0.3 is 10.1 Å². The van der Waals surface area contributed by atoms with Gasteiger partial charge in [0.05, 0.1) is 6.61 Å². The van der Waals surface area contributed by atoms with Gasteiger partial charge in [-0.3, -0.25) is 14.7 Å². The molecule has 3 rings (SSSR count). The molecule has 1 aliphatic carbocycles. The summed E-state index contributed by atoms with van der Waals surface area (Å²) in [7, 11) is 2.14. The van der Waals surface area contributed by atoms with Crippen LogP contribution in [0.3, 0.4) is 0 Å². The fraction of sp³-hybridized carbons (Fsp3) is 0.667. The van der Waals surface area contributed by atoms with Crippen molar-refractivity contribution in [3.8, 4) is 0 Å². The number of hydrogen-bond donors (Lipinski definition) is 1. The zero-order valence-corrected chi connectivity index (χ0v) is 14.1. The molecular formula is C18H27N3O2. The number of amides is 1. The Bertz CT molecular complexity index is 518. The number of nitrogens with zero attached hydrogens (tertiary/aromatic N) is 2. The van der Waals surface area contributed by atoms with Gasteiger partial charge in [-0.1, -0.05) is 6.07 Å². The van der Waals surface area contributed by atoms with Crippen LogP contribution in [0.2, 0.25) is 0 Å². The van der Waals surface area contributed by atoms with Gasteiger partial charge >= 0.3 is 0 Å². The lowest BCUT2D eigenvalue weighted by molar-refractivity contribution is -0.132. The predicted molar refractivity (Wildman–Crippen MR) is 88.9 cm³/mol. The third-order valence-electron chi connectivity index (χ3n) is 4.99. The summed E-state index contributed by atoms with van der Waals surface area (Å²) >= 11 is 0. The molecule has 0 spiro atoms. The van der Waals surface area contributed by atoms with Gasteiger partial charge in [0.2, 0.25) is 5.91 Å². The summed E-state index contributed by atoms with van der Waals surface area (Å²) in [4.78, 5) is 18.8. The van der Waals surface area contributed by atoms with E-state index in [-0.39, 0.29) is 12.0 Å². The molecule has 23 heavy (non-hydrogen) atoms. The van der Waals surface area contributed by atoms with E-state index in [2.05, 4.69) is 28.3 Å². The van der Waals surface area contributed by atoms with Crippen LogP contribution in [0.1, 0.15) is 37.8 Å². The fourth-order valence-corrected chi connectivity index (χ4v) is 3.33. The Labute approximate surface area is 138 Å². The lowest BCUT2D eigenvalue weighted by Gasteiger charge is -2.26. The number of carbonyl (C=O) groups is 1. The first-order valence-electron chi connectivity index (χ1n) is 8.64. The third-order valence-corrected chi connectivity index (χ3v) is 4.99. The van der Waals surface area contributed by atoms with E-state index < -0.39 is 0 Å². The fourth-order valence-electron chi connectivity index (χ4n) is 3.33. The van der Waals surface area contributed by atoms with Crippen LogP contribution in [0, 0.1) is 11.8 Å². The van der Waals surface area contributed by atoms with Crippen LogP contribution in [0.5, 0.6) is 0 Å². The van der Waals surface area contributed by atoms with E-state index in [0.29, 0.717) is 24.4 Å². The molecular weight excluding hydrogens is 290 g/mol. The summed E-state index contributed by atoms with van der Waals surface area (Å²) in [6.07, 6.45) is 6.96. The van der Waals surface area contributed by atoms with Crippen molar-refractivity contribution in [1.29, 1.82) is 0 Å². The van der Waals surface area contributed by atoms with E-state index in [9.17, 15) is 4.79 Å². The van der Waals surface area contributed by atoms with Gasteiger partial charge in [-0.2, -0.15) is 0 Å². The Morgan fingerprint density at radius 3 is 3.00 bits per heavy atom. The standard InChI is InChI=1S/C18H27N3O2/c1-13(23-12-14-5-6-14)18(22)20-11-16-7-9-21(2)17(16)15-4-3-8-19-10-15/h3-4,8,10,13-14,16-17H,5-7,9,11-12H2,1-2H3,(H,20,22)/t13-,16-,17-/m0/s1. The topological polar surface area (TPSA) is 54.5 Å². The number of aromatic nitrogens is 1. The maximum absolute atomic E-state index is 12.2. The first-order valence-corrected chi connectivity index (χ1v) is 8.64. The summed E-state index contributed by atoms with van der Waals surface area (Å²) in [5.41, 5.74) is 1.23. The van der Waals surface area contributed by atoms with Crippen LogP contribution in [0.4, 0.5) is 0 Å². The Kier molecular flexibility index (Phi) is 5.28. The molecule has 0 radical (unpaired) electrons. The highest BCUT2D eigenvalue weighted by Gasteiger charge is 2.33. The third kappa shape index (κ3) is 4.30. The van der Waals surface area contributed by atoms with Gasteiger partial charge in [0.15, 0.2) is 0 Å². The number of ether oxygens (including phenoxy) is 1. The molecule has 2 heterocycles. The number of nitrogens with one attached hydrogen (secondary N) is 1. The monoisotopic (exact) mass is 317 g/mol. The molecule has 1 N–H and O–H groups in total. The average molecular weight is 317 g/mol. The van der Waals surface area contributed by atoms with E-state index in [0.717, 1.165) is 19.6 Å². The van der Waals surface area contributed by atoms with Crippen molar-refractivity contribution in [2.24, 2.45) is 11.8 Å². The van der Waals surface area contributed by atoms with E-state index in [1.165, 1.54) is 18.4 Å². The Balaban J connectivity index is 1.51. The Morgan fingerprint density at radius 1 is 1.48 bits per heavy atom. The van der Waals surface area contributed by atoms with Crippen molar-refractivity contribution in [3.63, 3.8) is 0 Å². The number of pyridine rings is 1. The molecule has 1 amide bonds. The number of carbonyl (C=O) groups excluding carboxylic acids is 1. The van der Waals surface area contributed by atoms with Gasteiger partial charge in [0.25, 0.3) is 0 Å². The van der Waals surface area contributed by atoms with E-state index in [1.54, 1.807) is 6.20 Å². The van der Waals surface area contributed by atoms with Crippen molar-refractivity contribution in [2.45, 2.75) is 38.3 Å². The minimum Gasteiger partial charge on any atom is -0.368 e. The normalized spacial score (nSPS) is 26.2. The van der Waals surface area contributed by atoms with Crippen LogP contribution >= 0.6 is 0 Å². The molecule has 1 saturated carbocycles. The zero-order valence-electron chi connectivity index (χ0n) is 14.1. The second-order valence-electron chi connectivity index (χ2n) is 6.92. The van der Waals surface area contributed by atoms with Gasteiger partial charge in [-0.15, -0.1) is 0 Å². The van der Waals surface area contributed by atoms with Gasteiger partial charge in [0.1, 0.15) is 6.10 Å². The summed E-state index contributed by atoms with van der Waals surface area (Å²) in [6, 6.07) is 4.42. The lowest BCUT2D eigenvalue weighted by Crippen LogP contribution is -2.38. The number of hydrogen-bond acceptors (Lipinski definition) is 4. The smallest absolute Gasteiger partial charge is 0.248 e. The van der Waals surface area contributed by atoms with Crippen LogP contribution in [0.25, 0.3) is 0 Å². The van der Waals surface area contributed by atoms with Crippen LogP contribution in [-0.2, 0) is 9.53 Å². The SMILES string of the molecule is C[C@H](OCC1CC1)C(=O)NC[C@@H]1CCN(C)[C@H]1c1cccnc1. The lowest BCUT2D eigenvalue weighted by atomic mass is 9.94. The molecule has 2 aliphatic rings. The van der Waals surface area contributed by atoms with Crippen LogP contribution < -0.4 is 5.32 Å². The van der Waals surface area contributed by atoms with E-state index >= 15 is 0 Å². The molecule has 1 saturated heterocycles. The molecule has 5 nitrogen and oxygen atoms in total. The summed E-state index contributed by atoms with van der Waals surface area (Å²) in [5, 5.41) is 3.08. The number of likely N-dealkylation sites (tertiary alicyclic amines) is 1. The molecule has 126 valence electrons. The Morgan fingerprint density at radius 2 is 2.30 bits per heavy atom. The highest BCUT2D eigenvalue weighted by Crippen LogP contribution is 2.35. The molecule has 0 unspecified atom stereocenters. The van der Waals surface area contributed by atoms with Crippen molar-refractivity contribution in [3.05, 3.63) is 30.1 Å². The zero-order chi connectivity index (χ0) is 16.2. The first kappa shape index (κ1) is 16.4. The maximum Gasteiger partial charge on any atom is 0.248 e. The molecule has 2 fully saturated rings. The van der Waals surface area contributed by atoms with Crippen LogP contribution in [-0.4, -0.2) is 48.6 Å². The number of rotatable bonds is 7. The molecule has 1 aliphatic heterocycles. The average Bonchev–Trinajstić information content (AvgIpc) is 3.33. The minimum absolute atomic E-state index is 0.00476. The van der Waals surface area contributed by atoms with Crippen LogP contribution in [0.15, 0.2) is 24.5 Å². The Hall–Kier alpha value is -1.46. The van der Waals surface area contributed by atoms with Crippen molar-refractivity contribution in [2.75, 3.05) is 26.7 Å². The minimum atomic E-state index is -0.355. The summed E-state index contributed by atoms with van der Waals surface area (Å²) in [5.74, 6) is 1.11. The van der Waals surface area contributed by atoms with E-state index in [1.807, 2.05) is 19.2 Å². The molecule has 1 aromatic heterocycles. The second kappa shape index (κ2) is 7.41. The molecule has 5 heteroatoms. The highest BCUT2D eigenvalue weighted by molar-refractivity contribution is 5.80. The molecule has 0 bridgehead atoms. The van der Waals surface area contributed by atoms with Crippen molar-refractivity contribution < 1.29 is 9.53 Å². The largest absolute Gasteiger partial charge is 0.368 e. The summed E-state index contributed by atoms with van der Waals surface area (Å²) in [6.45, 7) is 4.31. The molecule has 1 aromatic rings. The van der Waals surface area contributed by atoms with Crippen molar-refractivity contribution >= 4 is 5.91 Å². The quantitative estimate of drug-likeness (QED) is 0.836. The summed E-state index contributed by atoms with van der Waals surface area (Å²) < 4.78 is 5.64. The predicted octanol–water partition coefficient (Wildman–Crippen LogP) is 2.01. The van der Waals surface area contributed by atoms with E-state index in [4.69, 9.17) is 4.74 Å². The molecule has 0 aromatic carbocycles. The van der Waals surface area contributed by atoms with Gasteiger partial charge in [-0.25, -0.2) is 0 Å². The molecule has 3 atom stereocenters.